The summed E-state index contributed by atoms with van der Waals surface area (Å²) in [6.45, 7) is -0.388. The van der Waals surface area contributed by atoms with Gasteiger partial charge in [0.2, 0.25) is 0 Å². The Balaban J connectivity index is 1.93. The van der Waals surface area contributed by atoms with Gasteiger partial charge in [-0.2, -0.15) is 0 Å². The largest absolute Gasteiger partial charge is 0.441 e. The van der Waals surface area contributed by atoms with Gasteiger partial charge < -0.3 is 9.84 Å². The maximum atomic E-state index is 14.4. The van der Waals surface area contributed by atoms with Gasteiger partial charge in [-0.25, -0.2) is 22.0 Å². The number of aliphatic hydroxyl groups excluding tert-OH is 1. The fourth-order valence-corrected chi connectivity index (χ4v) is 3.91. The van der Waals surface area contributed by atoms with Gasteiger partial charge in [0.25, 0.3) is 0 Å². The summed E-state index contributed by atoms with van der Waals surface area (Å²) in [6.07, 6.45) is -0.183. The topological polar surface area (TPSA) is 83.9 Å². The molecule has 3 rings (SSSR count). The smallest absolute Gasteiger partial charge is 0.414 e. The van der Waals surface area contributed by atoms with E-state index in [0.717, 1.165) is 17.0 Å². The number of rotatable bonds is 3. The molecule has 0 aromatic heterocycles. The number of allylic oxidation sites excluding steroid dienone is 1. The molecule has 0 unspecified atom stereocenters. The van der Waals surface area contributed by atoms with E-state index in [0.29, 0.717) is 5.57 Å². The number of carbonyl (C=O) groups excluding carboxylic acids is 1. The molecule has 9 heteroatoms. The number of ether oxygens (including phenoxy) is 1. The summed E-state index contributed by atoms with van der Waals surface area (Å²) < 4.78 is 56.4. The first-order valence-corrected chi connectivity index (χ1v) is 9.11. The maximum absolute atomic E-state index is 14.4. The van der Waals surface area contributed by atoms with E-state index < -0.39 is 33.7 Å². The molecule has 2 aliphatic heterocycles. The molecule has 0 bridgehead atoms. The predicted molar refractivity (Wildman–Crippen MR) is 82.3 cm³/mol. The second-order valence-electron chi connectivity index (χ2n) is 5.68. The van der Waals surface area contributed by atoms with Gasteiger partial charge in [-0.3, -0.25) is 4.90 Å². The first-order chi connectivity index (χ1) is 11.3. The van der Waals surface area contributed by atoms with Gasteiger partial charge in [-0.1, -0.05) is 6.08 Å². The van der Waals surface area contributed by atoms with Gasteiger partial charge in [0.1, 0.15) is 17.7 Å². The lowest BCUT2D eigenvalue weighted by molar-refractivity contribution is 0.0963. The monoisotopic (exact) mass is 359 g/mol. The lowest BCUT2D eigenvalue weighted by Gasteiger charge is -2.18. The number of aliphatic hydroxyl groups is 1. The van der Waals surface area contributed by atoms with E-state index in [-0.39, 0.29) is 42.3 Å². The van der Waals surface area contributed by atoms with Crippen LogP contribution in [0.15, 0.2) is 18.2 Å². The number of hydrogen-bond acceptors (Lipinski definition) is 5. The third kappa shape index (κ3) is 3.13. The van der Waals surface area contributed by atoms with Crippen molar-refractivity contribution in [1.82, 2.24) is 0 Å². The Morgan fingerprint density at radius 2 is 1.96 bits per heavy atom. The third-order valence-corrected chi connectivity index (χ3v) is 5.50. The molecule has 1 N–H and O–H groups in total. The summed E-state index contributed by atoms with van der Waals surface area (Å²) >= 11 is 0. The van der Waals surface area contributed by atoms with E-state index in [4.69, 9.17) is 9.84 Å². The van der Waals surface area contributed by atoms with Crippen molar-refractivity contribution < 1.29 is 31.8 Å². The molecule has 0 spiro atoms. The molecule has 6 nitrogen and oxygen atoms in total. The van der Waals surface area contributed by atoms with E-state index in [2.05, 4.69) is 0 Å². The standard InChI is InChI=1S/C15H15F2NO5S/c16-12-5-10(18-7-11(8-19)23-15(18)20)6-13(17)14(12)9-1-3-24(21,22)4-2-9/h1,5-6,11,19H,2-4,7-8H2/t11-/m1/s1. The van der Waals surface area contributed by atoms with Crippen molar-refractivity contribution in [1.29, 1.82) is 0 Å². The minimum atomic E-state index is -3.20. The number of halogens is 2. The second kappa shape index (κ2) is 6.14. The van der Waals surface area contributed by atoms with Crippen LogP contribution < -0.4 is 4.90 Å². The summed E-state index contributed by atoms with van der Waals surface area (Å²) in [5, 5.41) is 9.01. The van der Waals surface area contributed by atoms with E-state index >= 15 is 0 Å². The van der Waals surface area contributed by atoms with Gasteiger partial charge in [-0.15, -0.1) is 0 Å². The van der Waals surface area contributed by atoms with Crippen molar-refractivity contribution in [3.63, 3.8) is 0 Å². The highest BCUT2D eigenvalue weighted by molar-refractivity contribution is 7.91. The SMILES string of the molecule is O=C1O[C@@H](CO)CN1c1cc(F)c(C2=CCS(=O)(=O)CC2)c(F)c1. The molecule has 1 fully saturated rings. The van der Waals surface area contributed by atoms with Crippen LogP contribution >= 0.6 is 0 Å². The van der Waals surface area contributed by atoms with Crippen LogP contribution in [0.3, 0.4) is 0 Å². The molecule has 1 aromatic carbocycles. The molecule has 2 aliphatic rings. The number of carbonyl (C=O) groups is 1. The Bertz CT molecular complexity index is 798. The highest BCUT2D eigenvalue weighted by Crippen LogP contribution is 2.32. The number of sulfone groups is 1. The predicted octanol–water partition coefficient (Wildman–Crippen LogP) is 1.48. The van der Waals surface area contributed by atoms with Gasteiger partial charge in [0, 0.05) is 5.56 Å². The molecule has 0 saturated carbocycles. The minimum absolute atomic E-state index is 0.00546. The Labute approximate surface area is 137 Å². The molecular weight excluding hydrogens is 344 g/mol. The highest BCUT2D eigenvalue weighted by Gasteiger charge is 2.33. The lowest BCUT2D eigenvalue weighted by Crippen LogP contribution is -2.26. The van der Waals surface area contributed by atoms with E-state index in [1.807, 2.05) is 0 Å². The summed E-state index contributed by atoms with van der Waals surface area (Å²) in [5.41, 5.74) is 0.00209. The van der Waals surface area contributed by atoms with Crippen LogP contribution in [0.1, 0.15) is 12.0 Å². The number of hydrogen-bond donors (Lipinski definition) is 1. The van der Waals surface area contributed by atoms with Gasteiger partial charge in [0.15, 0.2) is 9.84 Å². The molecule has 1 amide bonds. The van der Waals surface area contributed by atoms with Crippen molar-refractivity contribution in [3.8, 4) is 0 Å². The second-order valence-corrected chi connectivity index (χ2v) is 7.91. The number of nitrogens with zero attached hydrogens (tertiary/aromatic N) is 1. The van der Waals surface area contributed by atoms with Crippen LogP contribution in [-0.4, -0.2) is 50.4 Å². The maximum Gasteiger partial charge on any atom is 0.414 e. The molecular formula is C15H15F2NO5S. The number of amides is 1. The Kier molecular flexibility index (Phi) is 4.31. The van der Waals surface area contributed by atoms with Crippen LogP contribution in [0.25, 0.3) is 5.57 Å². The average molecular weight is 359 g/mol. The van der Waals surface area contributed by atoms with Crippen LogP contribution in [0.5, 0.6) is 0 Å². The normalized spacial score (nSPS) is 23.1. The molecule has 0 radical (unpaired) electrons. The number of cyclic esters (lactones) is 1. The van der Waals surface area contributed by atoms with E-state index in [1.54, 1.807) is 0 Å². The summed E-state index contributed by atoms with van der Waals surface area (Å²) in [7, 11) is -3.20. The summed E-state index contributed by atoms with van der Waals surface area (Å²) in [5.74, 6) is -2.16. The van der Waals surface area contributed by atoms with Crippen molar-refractivity contribution in [2.45, 2.75) is 12.5 Å². The van der Waals surface area contributed by atoms with E-state index in [9.17, 15) is 22.0 Å². The molecule has 1 aromatic rings. The zero-order valence-electron chi connectivity index (χ0n) is 12.5. The van der Waals surface area contributed by atoms with E-state index in [1.165, 1.54) is 6.08 Å². The fraction of sp³-hybridized carbons (Fsp3) is 0.400. The van der Waals surface area contributed by atoms with Crippen LogP contribution in [0.4, 0.5) is 19.3 Å². The quantitative estimate of drug-likeness (QED) is 0.884. The minimum Gasteiger partial charge on any atom is -0.441 e. The Morgan fingerprint density at radius 3 is 2.46 bits per heavy atom. The van der Waals surface area contributed by atoms with Gasteiger partial charge in [0.05, 0.1) is 30.3 Å². The Morgan fingerprint density at radius 1 is 1.29 bits per heavy atom. The first-order valence-electron chi connectivity index (χ1n) is 7.28. The molecule has 1 atom stereocenters. The summed E-state index contributed by atoms with van der Waals surface area (Å²) in [4.78, 5) is 12.7. The molecule has 2 heterocycles. The molecule has 24 heavy (non-hydrogen) atoms. The van der Waals surface area contributed by atoms with Crippen LogP contribution in [0, 0.1) is 11.6 Å². The lowest BCUT2D eigenvalue weighted by atomic mass is 10.0. The van der Waals surface area contributed by atoms with Crippen molar-refractivity contribution in [2.75, 3.05) is 29.6 Å². The van der Waals surface area contributed by atoms with Crippen molar-refractivity contribution in [2.24, 2.45) is 0 Å². The molecule has 1 saturated heterocycles. The first kappa shape index (κ1) is 16.8. The zero-order chi connectivity index (χ0) is 17.5. The molecule has 0 aliphatic carbocycles. The van der Waals surface area contributed by atoms with Crippen molar-refractivity contribution >= 4 is 27.2 Å². The van der Waals surface area contributed by atoms with Crippen molar-refractivity contribution in [3.05, 3.63) is 35.4 Å². The van der Waals surface area contributed by atoms with Gasteiger partial charge >= 0.3 is 6.09 Å². The zero-order valence-corrected chi connectivity index (χ0v) is 13.4. The molecule has 130 valence electrons. The highest BCUT2D eigenvalue weighted by atomic mass is 32.2. The summed E-state index contributed by atoms with van der Waals surface area (Å²) in [6, 6.07) is 2.01. The fourth-order valence-electron chi connectivity index (χ4n) is 2.76. The average Bonchev–Trinajstić information content (AvgIpc) is 2.89. The van der Waals surface area contributed by atoms with Crippen LogP contribution in [0.2, 0.25) is 0 Å². The third-order valence-electron chi connectivity index (χ3n) is 4.00. The van der Waals surface area contributed by atoms with Gasteiger partial charge in [-0.05, 0) is 24.1 Å². The Hall–Kier alpha value is -2.00. The van der Waals surface area contributed by atoms with Crippen LogP contribution in [-0.2, 0) is 14.6 Å². The number of benzene rings is 1. The number of anilines is 1.